The molecule has 0 aromatic heterocycles. The molecule has 0 saturated heterocycles. The first-order valence-corrected chi connectivity index (χ1v) is 10.1. The predicted octanol–water partition coefficient (Wildman–Crippen LogP) is 6.85. The first-order valence-electron chi connectivity index (χ1n) is 10.1. The van der Waals surface area contributed by atoms with Crippen LogP contribution < -0.4 is 4.74 Å². The molecule has 3 rings (SSSR count). The molecule has 140 valence electrons. The molecule has 0 heterocycles. The number of benzene rings is 1. The summed E-state index contributed by atoms with van der Waals surface area (Å²) in [6.45, 7) is -0.340. The lowest BCUT2D eigenvalue weighted by molar-refractivity contribution is -0.0498. The van der Waals surface area contributed by atoms with Crippen LogP contribution in [0.25, 0.3) is 0 Å². The minimum absolute atomic E-state index is 0.251. The summed E-state index contributed by atoms with van der Waals surface area (Å²) < 4.78 is 28.8. The Kier molecular flexibility index (Phi) is 6.72. The van der Waals surface area contributed by atoms with Gasteiger partial charge in [-0.3, -0.25) is 0 Å². The van der Waals surface area contributed by atoms with E-state index >= 15 is 0 Å². The molecule has 0 unspecified atom stereocenters. The van der Waals surface area contributed by atoms with Crippen molar-refractivity contribution in [3.8, 4) is 5.75 Å². The summed E-state index contributed by atoms with van der Waals surface area (Å²) in [7, 11) is 0. The van der Waals surface area contributed by atoms with Crippen LogP contribution in [0.2, 0.25) is 0 Å². The summed E-state index contributed by atoms with van der Waals surface area (Å²) in [5, 5.41) is 0. The molecule has 0 radical (unpaired) electrons. The summed E-state index contributed by atoms with van der Waals surface area (Å²) in [6, 6.07) is 7.16. The van der Waals surface area contributed by atoms with Gasteiger partial charge in [0.1, 0.15) is 5.75 Å². The number of hydrogen-bond acceptors (Lipinski definition) is 1. The van der Waals surface area contributed by atoms with E-state index in [2.05, 4.69) is 11.7 Å². The fraction of sp³-hybridized carbons (Fsp3) is 0.727. The Hall–Kier alpha value is -1.12. The van der Waals surface area contributed by atoms with E-state index in [9.17, 15) is 8.78 Å². The van der Waals surface area contributed by atoms with Crippen LogP contribution in [0.15, 0.2) is 24.3 Å². The van der Waals surface area contributed by atoms with Gasteiger partial charge in [-0.05, 0) is 79.9 Å². The smallest absolute Gasteiger partial charge is 0.387 e. The van der Waals surface area contributed by atoms with E-state index in [1.54, 1.807) is 12.1 Å². The third-order valence-corrected chi connectivity index (χ3v) is 6.61. The molecule has 0 N–H and O–H groups in total. The second-order valence-corrected chi connectivity index (χ2v) is 8.36. The largest absolute Gasteiger partial charge is 0.435 e. The van der Waals surface area contributed by atoms with Crippen molar-refractivity contribution in [2.75, 3.05) is 0 Å². The van der Waals surface area contributed by atoms with Gasteiger partial charge < -0.3 is 4.74 Å². The fourth-order valence-electron chi connectivity index (χ4n) is 4.91. The summed E-state index contributed by atoms with van der Waals surface area (Å²) in [4.78, 5) is 0. The fourth-order valence-corrected chi connectivity index (χ4v) is 4.91. The maximum Gasteiger partial charge on any atom is 0.387 e. The molecule has 2 saturated carbocycles. The van der Waals surface area contributed by atoms with Gasteiger partial charge in [0, 0.05) is 0 Å². The Balaban J connectivity index is 1.37. The standard InChI is InChI=1S/C22H32F2O/c1-16-2-10-19(11-3-16)20-12-6-17(7-13-20)4-5-18-8-14-21(15-9-18)25-22(23)24/h8-9,14-17,19-20,22H,2-7,10-13H2,1H3. The van der Waals surface area contributed by atoms with Crippen molar-refractivity contribution in [3.63, 3.8) is 0 Å². The molecule has 0 spiro atoms. The van der Waals surface area contributed by atoms with Gasteiger partial charge in [0.25, 0.3) is 0 Å². The van der Waals surface area contributed by atoms with Crippen LogP contribution in [-0.4, -0.2) is 6.61 Å². The molecule has 1 aromatic carbocycles. The van der Waals surface area contributed by atoms with E-state index in [1.807, 2.05) is 12.1 Å². The van der Waals surface area contributed by atoms with Crippen molar-refractivity contribution in [2.45, 2.75) is 77.7 Å². The highest BCUT2D eigenvalue weighted by Gasteiger charge is 2.29. The second kappa shape index (κ2) is 9.00. The monoisotopic (exact) mass is 350 g/mol. The van der Waals surface area contributed by atoms with Crippen LogP contribution in [0, 0.1) is 23.7 Å². The maximum absolute atomic E-state index is 12.2. The summed E-state index contributed by atoms with van der Waals surface area (Å²) in [5.74, 6) is 4.02. The summed E-state index contributed by atoms with van der Waals surface area (Å²) in [5.41, 5.74) is 1.23. The molecule has 2 fully saturated rings. The van der Waals surface area contributed by atoms with Gasteiger partial charge in [0.05, 0.1) is 0 Å². The van der Waals surface area contributed by atoms with Gasteiger partial charge in [-0.25, -0.2) is 0 Å². The molecule has 2 aliphatic rings. The van der Waals surface area contributed by atoms with Gasteiger partial charge in [-0.2, -0.15) is 8.78 Å². The average molecular weight is 350 g/mol. The minimum atomic E-state index is -2.74. The Labute approximate surface area is 151 Å². The molecule has 1 aromatic rings. The third-order valence-electron chi connectivity index (χ3n) is 6.61. The predicted molar refractivity (Wildman–Crippen MR) is 98.0 cm³/mol. The van der Waals surface area contributed by atoms with Crippen LogP contribution in [-0.2, 0) is 6.42 Å². The number of alkyl halides is 2. The molecule has 25 heavy (non-hydrogen) atoms. The highest BCUT2D eigenvalue weighted by atomic mass is 19.3. The zero-order valence-electron chi connectivity index (χ0n) is 15.4. The number of aryl methyl sites for hydroxylation is 1. The van der Waals surface area contributed by atoms with Crippen molar-refractivity contribution < 1.29 is 13.5 Å². The van der Waals surface area contributed by atoms with Gasteiger partial charge in [0.2, 0.25) is 0 Å². The highest BCUT2D eigenvalue weighted by molar-refractivity contribution is 5.27. The number of ether oxygens (including phenoxy) is 1. The lowest BCUT2D eigenvalue weighted by Crippen LogP contribution is -2.25. The van der Waals surface area contributed by atoms with Crippen LogP contribution in [0.5, 0.6) is 5.75 Å². The van der Waals surface area contributed by atoms with Crippen molar-refractivity contribution in [2.24, 2.45) is 23.7 Å². The number of halogens is 2. The minimum Gasteiger partial charge on any atom is -0.435 e. The van der Waals surface area contributed by atoms with Crippen molar-refractivity contribution in [1.82, 2.24) is 0 Å². The molecule has 0 aliphatic heterocycles. The lowest BCUT2D eigenvalue weighted by atomic mass is 9.69. The van der Waals surface area contributed by atoms with E-state index in [1.165, 1.54) is 63.4 Å². The molecule has 0 bridgehead atoms. The Morgan fingerprint density at radius 2 is 1.44 bits per heavy atom. The van der Waals surface area contributed by atoms with Crippen LogP contribution in [0.4, 0.5) is 8.78 Å². The van der Waals surface area contributed by atoms with Gasteiger partial charge in [-0.1, -0.05) is 44.7 Å². The topological polar surface area (TPSA) is 9.23 Å². The molecule has 0 atom stereocenters. The van der Waals surface area contributed by atoms with E-state index < -0.39 is 6.61 Å². The van der Waals surface area contributed by atoms with Gasteiger partial charge in [-0.15, -0.1) is 0 Å². The Bertz CT molecular complexity index is 497. The molecule has 2 aliphatic carbocycles. The van der Waals surface area contributed by atoms with E-state index in [4.69, 9.17) is 0 Å². The van der Waals surface area contributed by atoms with E-state index in [0.717, 1.165) is 30.1 Å². The van der Waals surface area contributed by atoms with Crippen molar-refractivity contribution >= 4 is 0 Å². The van der Waals surface area contributed by atoms with Gasteiger partial charge >= 0.3 is 6.61 Å². The molecule has 3 heteroatoms. The summed E-state index contributed by atoms with van der Waals surface area (Å²) in [6.07, 6.45) is 13.7. The van der Waals surface area contributed by atoms with E-state index in [-0.39, 0.29) is 5.75 Å². The molecule has 1 nitrogen and oxygen atoms in total. The molecular formula is C22H32F2O. The second-order valence-electron chi connectivity index (χ2n) is 8.36. The quantitative estimate of drug-likeness (QED) is 0.545. The van der Waals surface area contributed by atoms with Crippen LogP contribution >= 0.6 is 0 Å². The van der Waals surface area contributed by atoms with E-state index in [0.29, 0.717) is 0 Å². The Morgan fingerprint density at radius 1 is 0.880 bits per heavy atom. The SMILES string of the molecule is CC1CCC(C2CCC(CCc3ccc(OC(F)F)cc3)CC2)CC1. The number of hydrogen-bond donors (Lipinski definition) is 0. The van der Waals surface area contributed by atoms with Crippen molar-refractivity contribution in [1.29, 1.82) is 0 Å². The normalized spacial score (nSPS) is 30.4. The maximum atomic E-state index is 12.2. The first kappa shape index (κ1) is 18.7. The first-order chi connectivity index (χ1) is 12.1. The van der Waals surface area contributed by atoms with Gasteiger partial charge in [0.15, 0.2) is 0 Å². The lowest BCUT2D eigenvalue weighted by Gasteiger charge is -2.37. The van der Waals surface area contributed by atoms with Crippen molar-refractivity contribution in [3.05, 3.63) is 29.8 Å². The molecule has 0 amide bonds. The molecular weight excluding hydrogens is 318 g/mol. The zero-order chi connectivity index (χ0) is 17.6. The van der Waals surface area contributed by atoms with Crippen LogP contribution in [0.3, 0.4) is 0 Å². The Morgan fingerprint density at radius 3 is 2.00 bits per heavy atom. The third kappa shape index (κ3) is 5.69. The summed E-state index contributed by atoms with van der Waals surface area (Å²) >= 11 is 0. The highest BCUT2D eigenvalue weighted by Crippen LogP contribution is 2.42. The average Bonchev–Trinajstić information content (AvgIpc) is 2.62. The number of rotatable bonds is 6. The van der Waals surface area contributed by atoms with Crippen LogP contribution in [0.1, 0.15) is 70.3 Å². The zero-order valence-corrected chi connectivity index (χ0v) is 15.4.